The van der Waals surface area contributed by atoms with Gasteiger partial charge in [0.15, 0.2) is 0 Å². The molecule has 0 heterocycles. The van der Waals surface area contributed by atoms with Crippen LogP contribution in [0.15, 0.2) is 0 Å². The van der Waals surface area contributed by atoms with Crippen molar-refractivity contribution in [3.8, 4) is 0 Å². The van der Waals surface area contributed by atoms with Crippen molar-refractivity contribution in [1.82, 2.24) is 0 Å². The third-order valence-corrected chi connectivity index (χ3v) is 4.00. The lowest BCUT2D eigenvalue weighted by molar-refractivity contribution is 0.366. The van der Waals surface area contributed by atoms with Crippen LogP contribution in [0.25, 0.3) is 0 Å². The zero-order valence-electron chi connectivity index (χ0n) is 5.70. The van der Waals surface area contributed by atoms with Crippen LogP contribution in [0.2, 0.25) is 0 Å². The molecular weight excluding hydrogens is 225 g/mol. The Labute approximate surface area is 70.5 Å². The lowest BCUT2D eigenvalue weighted by Gasteiger charge is -2.23. The van der Waals surface area contributed by atoms with Gasteiger partial charge in [0.1, 0.15) is 0 Å². The predicted molar refractivity (Wildman–Crippen MR) is 48.8 cm³/mol. The van der Waals surface area contributed by atoms with Crippen molar-refractivity contribution in [2.45, 2.75) is 25.7 Å². The van der Waals surface area contributed by atoms with Crippen LogP contribution >= 0.6 is 22.6 Å². The number of nitrogens with two attached hydrogens (primary N) is 1. The highest BCUT2D eigenvalue weighted by molar-refractivity contribution is 14.1. The molecule has 0 amide bonds. The molecule has 0 unspecified atom stereocenters. The highest BCUT2D eigenvalue weighted by Gasteiger charge is 2.30. The maximum absolute atomic E-state index is 5.67. The van der Waals surface area contributed by atoms with Gasteiger partial charge in [-0.2, -0.15) is 0 Å². The van der Waals surface area contributed by atoms with Crippen LogP contribution in [0.1, 0.15) is 25.7 Å². The summed E-state index contributed by atoms with van der Waals surface area (Å²) in [6, 6.07) is 0. The van der Waals surface area contributed by atoms with Crippen LogP contribution in [-0.2, 0) is 0 Å². The largest absolute Gasteiger partial charge is 0.330 e. The van der Waals surface area contributed by atoms with Crippen molar-refractivity contribution in [1.29, 1.82) is 0 Å². The van der Waals surface area contributed by atoms with Crippen molar-refractivity contribution < 1.29 is 0 Å². The molecule has 0 aromatic rings. The predicted octanol–water partition coefficient (Wildman–Crippen LogP) is 1.94. The molecule has 0 aliphatic heterocycles. The van der Waals surface area contributed by atoms with Crippen molar-refractivity contribution >= 4 is 22.6 Å². The molecule has 0 bridgehead atoms. The fourth-order valence-corrected chi connectivity index (χ4v) is 2.59. The van der Waals surface area contributed by atoms with E-state index in [2.05, 4.69) is 22.6 Å². The number of hydrogen-bond acceptors (Lipinski definition) is 1. The minimum Gasteiger partial charge on any atom is -0.330 e. The summed E-state index contributed by atoms with van der Waals surface area (Å²) in [7, 11) is 0. The molecule has 2 heteroatoms. The Kier molecular flexibility index (Phi) is 2.76. The zero-order valence-corrected chi connectivity index (χ0v) is 7.86. The first kappa shape index (κ1) is 7.79. The van der Waals surface area contributed by atoms with E-state index in [9.17, 15) is 0 Å². The van der Waals surface area contributed by atoms with Gasteiger partial charge in [0.2, 0.25) is 0 Å². The van der Waals surface area contributed by atoms with Crippen molar-refractivity contribution in [2.75, 3.05) is 11.0 Å². The van der Waals surface area contributed by atoms with Gasteiger partial charge in [0.05, 0.1) is 0 Å². The number of rotatable bonds is 2. The van der Waals surface area contributed by atoms with E-state index in [0.717, 1.165) is 6.54 Å². The summed E-state index contributed by atoms with van der Waals surface area (Å²) in [6.07, 6.45) is 5.54. The minimum atomic E-state index is 0.542. The van der Waals surface area contributed by atoms with Gasteiger partial charge in [0.25, 0.3) is 0 Å². The summed E-state index contributed by atoms with van der Waals surface area (Å²) >= 11 is 2.46. The van der Waals surface area contributed by atoms with Gasteiger partial charge in [-0.15, -0.1) is 0 Å². The fourth-order valence-electron chi connectivity index (χ4n) is 1.52. The van der Waals surface area contributed by atoms with E-state index in [1.54, 1.807) is 0 Å². The van der Waals surface area contributed by atoms with E-state index >= 15 is 0 Å². The minimum absolute atomic E-state index is 0.542. The Morgan fingerprint density at radius 1 is 1.33 bits per heavy atom. The first-order valence-corrected chi connectivity index (χ1v) is 5.12. The van der Waals surface area contributed by atoms with E-state index in [1.165, 1.54) is 30.1 Å². The van der Waals surface area contributed by atoms with Crippen LogP contribution in [-0.4, -0.2) is 11.0 Å². The maximum atomic E-state index is 5.67. The van der Waals surface area contributed by atoms with Gasteiger partial charge in [-0.05, 0) is 24.8 Å². The van der Waals surface area contributed by atoms with Gasteiger partial charge in [-0.3, -0.25) is 0 Å². The lowest BCUT2D eigenvalue weighted by atomic mass is 9.89. The molecule has 1 aliphatic rings. The molecule has 0 atom stereocenters. The van der Waals surface area contributed by atoms with Crippen LogP contribution in [0.5, 0.6) is 0 Å². The Morgan fingerprint density at radius 2 is 1.89 bits per heavy atom. The molecule has 0 spiro atoms. The smallest absolute Gasteiger partial charge is 0.00640 e. The highest BCUT2D eigenvalue weighted by atomic mass is 127. The average Bonchev–Trinajstić information content (AvgIpc) is 2.36. The quantitative estimate of drug-likeness (QED) is 0.578. The molecule has 54 valence electrons. The zero-order chi connectivity index (χ0) is 6.74. The third kappa shape index (κ3) is 1.58. The third-order valence-electron chi connectivity index (χ3n) is 2.38. The highest BCUT2D eigenvalue weighted by Crippen LogP contribution is 2.38. The first-order chi connectivity index (χ1) is 4.33. The molecule has 0 aromatic carbocycles. The molecule has 2 N–H and O–H groups in total. The molecule has 0 radical (unpaired) electrons. The first-order valence-electron chi connectivity index (χ1n) is 3.59. The Hall–Kier alpha value is 0.690. The average molecular weight is 239 g/mol. The standard InChI is InChI=1S/C7H14IN/c8-5-7(6-9)3-1-2-4-7/h1-6,9H2. The van der Waals surface area contributed by atoms with Gasteiger partial charge in [-0.1, -0.05) is 35.4 Å². The molecule has 0 aromatic heterocycles. The van der Waals surface area contributed by atoms with Gasteiger partial charge in [-0.25, -0.2) is 0 Å². The second-order valence-corrected chi connectivity index (χ2v) is 3.81. The van der Waals surface area contributed by atoms with Gasteiger partial charge in [0, 0.05) is 4.43 Å². The lowest BCUT2D eigenvalue weighted by Crippen LogP contribution is -2.28. The molecular formula is C7H14IN. The second-order valence-electron chi connectivity index (χ2n) is 3.04. The van der Waals surface area contributed by atoms with E-state index < -0.39 is 0 Å². The normalized spacial score (nSPS) is 24.7. The number of alkyl halides is 1. The molecule has 1 saturated carbocycles. The Morgan fingerprint density at radius 3 is 2.11 bits per heavy atom. The number of hydrogen-bond donors (Lipinski definition) is 1. The van der Waals surface area contributed by atoms with Crippen LogP contribution in [0.4, 0.5) is 0 Å². The SMILES string of the molecule is NCC1(CI)CCCC1. The van der Waals surface area contributed by atoms with Crippen molar-refractivity contribution in [3.05, 3.63) is 0 Å². The summed E-state index contributed by atoms with van der Waals surface area (Å²) < 4.78 is 1.25. The monoisotopic (exact) mass is 239 g/mol. The second kappa shape index (κ2) is 3.19. The van der Waals surface area contributed by atoms with Crippen LogP contribution in [0.3, 0.4) is 0 Å². The van der Waals surface area contributed by atoms with Crippen molar-refractivity contribution in [2.24, 2.45) is 11.1 Å². The van der Waals surface area contributed by atoms with E-state index in [-0.39, 0.29) is 0 Å². The summed E-state index contributed by atoms with van der Waals surface area (Å²) in [5.74, 6) is 0. The molecule has 9 heavy (non-hydrogen) atoms. The van der Waals surface area contributed by atoms with E-state index in [0.29, 0.717) is 5.41 Å². The summed E-state index contributed by atoms with van der Waals surface area (Å²) in [4.78, 5) is 0. The fraction of sp³-hybridized carbons (Fsp3) is 1.00. The topological polar surface area (TPSA) is 26.0 Å². The summed E-state index contributed by atoms with van der Waals surface area (Å²) in [6.45, 7) is 0.899. The number of halogens is 1. The van der Waals surface area contributed by atoms with Crippen LogP contribution in [0, 0.1) is 5.41 Å². The molecule has 1 aliphatic carbocycles. The van der Waals surface area contributed by atoms with Gasteiger partial charge >= 0.3 is 0 Å². The van der Waals surface area contributed by atoms with E-state index in [4.69, 9.17) is 5.73 Å². The molecule has 1 rings (SSSR count). The Bertz CT molecular complexity index is 80.9. The van der Waals surface area contributed by atoms with Crippen LogP contribution < -0.4 is 5.73 Å². The van der Waals surface area contributed by atoms with E-state index in [1.807, 2.05) is 0 Å². The van der Waals surface area contributed by atoms with Gasteiger partial charge < -0.3 is 5.73 Å². The van der Waals surface area contributed by atoms with Crippen molar-refractivity contribution in [3.63, 3.8) is 0 Å². The molecule has 0 saturated heterocycles. The maximum Gasteiger partial charge on any atom is 0.00640 e. The summed E-state index contributed by atoms with van der Waals surface area (Å²) in [5.41, 5.74) is 6.22. The summed E-state index contributed by atoms with van der Waals surface area (Å²) in [5, 5.41) is 0. The molecule has 1 nitrogen and oxygen atoms in total. The molecule has 1 fully saturated rings. The Balaban J connectivity index is 2.45.